The molecule has 1 aromatic carbocycles. The Morgan fingerprint density at radius 1 is 1.18 bits per heavy atom. The third-order valence-electron chi connectivity index (χ3n) is 2.44. The minimum Gasteiger partial charge on any atom is -0.488 e. The maximum Gasteiger partial charge on any atom is 0.190 e. The van der Waals surface area contributed by atoms with E-state index in [2.05, 4.69) is 0 Å². The molecule has 0 aliphatic rings. The van der Waals surface area contributed by atoms with Crippen LogP contribution in [0.1, 0.15) is 38.9 Å². The van der Waals surface area contributed by atoms with Gasteiger partial charge in [-0.2, -0.15) is 0 Å². The molecule has 0 aromatic heterocycles. The Morgan fingerprint density at radius 3 is 2.12 bits per heavy atom. The van der Waals surface area contributed by atoms with Crippen LogP contribution in [0.3, 0.4) is 0 Å². The normalized spacial score (nSPS) is 12.9. The smallest absolute Gasteiger partial charge is 0.190 e. The number of aliphatic hydroxyl groups excluding tert-OH is 1. The average molecular weight is 244 g/mol. The van der Waals surface area contributed by atoms with Crippen molar-refractivity contribution in [3.8, 4) is 5.75 Å². The highest BCUT2D eigenvalue weighted by molar-refractivity contribution is 5.32. The fraction of sp³-hybridized carbons (Fsp3) is 0.538. The molecule has 17 heavy (non-hydrogen) atoms. The summed E-state index contributed by atoms with van der Waals surface area (Å²) >= 11 is 0. The Bertz CT molecular complexity index is 353. The average Bonchev–Trinajstić information content (AvgIpc) is 2.21. The SMILES string of the molecule is CC(C)CCOc1c(F)cc(C(C)O)cc1F. The van der Waals surface area contributed by atoms with Gasteiger partial charge in [0, 0.05) is 0 Å². The second kappa shape index (κ2) is 5.96. The number of rotatable bonds is 5. The molecule has 0 radical (unpaired) electrons. The fourth-order valence-electron chi connectivity index (χ4n) is 1.36. The van der Waals surface area contributed by atoms with Gasteiger partial charge in [-0.05, 0) is 37.0 Å². The summed E-state index contributed by atoms with van der Waals surface area (Å²) in [6.45, 7) is 5.74. The van der Waals surface area contributed by atoms with Gasteiger partial charge in [0.25, 0.3) is 0 Å². The molecule has 1 aromatic rings. The van der Waals surface area contributed by atoms with Gasteiger partial charge in [-0.1, -0.05) is 13.8 Å². The molecule has 0 saturated heterocycles. The minimum atomic E-state index is -0.899. The Hall–Kier alpha value is -1.16. The number of aliphatic hydroxyl groups is 1. The molecule has 4 heteroatoms. The van der Waals surface area contributed by atoms with Crippen LogP contribution in [0.2, 0.25) is 0 Å². The molecular weight excluding hydrogens is 226 g/mol. The maximum absolute atomic E-state index is 13.5. The van der Waals surface area contributed by atoms with Crippen molar-refractivity contribution >= 4 is 0 Å². The predicted molar refractivity (Wildman–Crippen MR) is 61.9 cm³/mol. The molecule has 0 fully saturated rings. The number of hydrogen-bond acceptors (Lipinski definition) is 2. The molecular formula is C13H18F2O2. The first kappa shape index (κ1) is 13.9. The molecule has 0 heterocycles. The van der Waals surface area contributed by atoms with E-state index in [4.69, 9.17) is 4.74 Å². The zero-order valence-corrected chi connectivity index (χ0v) is 10.3. The molecule has 0 aliphatic heterocycles. The molecule has 0 spiro atoms. The lowest BCUT2D eigenvalue weighted by molar-refractivity contribution is 0.197. The lowest BCUT2D eigenvalue weighted by atomic mass is 10.1. The van der Waals surface area contributed by atoms with Crippen LogP contribution in [0.5, 0.6) is 5.75 Å². The number of hydrogen-bond donors (Lipinski definition) is 1. The highest BCUT2D eigenvalue weighted by Crippen LogP contribution is 2.26. The van der Waals surface area contributed by atoms with Crippen molar-refractivity contribution in [1.82, 2.24) is 0 Å². The van der Waals surface area contributed by atoms with Crippen molar-refractivity contribution in [2.45, 2.75) is 33.3 Å². The molecule has 0 aliphatic carbocycles. The Labute approximate surface area is 100 Å². The van der Waals surface area contributed by atoms with E-state index in [1.165, 1.54) is 6.92 Å². The van der Waals surface area contributed by atoms with E-state index in [1.54, 1.807) is 0 Å². The fourth-order valence-corrected chi connectivity index (χ4v) is 1.36. The van der Waals surface area contributed by atoms with Gasteiger partial charge in [0.1, 0.15) is 0 Å². The highest BCUT2D eigenvalue weighted by atomic mass is 19.1. The maximum atomic E-state index is 13.5. The lowest BCUT2D eigenvalue weighted by Crippen LogP contribution is -2.05. The quantitative estimate of drug-likeness (QED) is 0.859. The van der Waals surface area contributed by atoms with Gasteiger partial charge < -0.3 is 9.84 Å². The van der Waals surface area contributed by atoms with E-state index in [-0.39, 0.29) is 17.9 Å². The van der Waals surface area contributed by atoms with Crippen molar-refractivity contribution in [3.63, 3.8) is 0 Å². The first-order valence-electron chi connectivity index (χ1n) is 5.71. The van der Waals surface area contributed by atoms with E-state index in [0.29, 0.717) is 5.92 Å². The van der Waals surface area contributed by atoms with Crippen molar-refractivity contribution in [2.24, 2.45) is 5.92 Å². The summed E-state index contributed by atoms with van der Waals surface area (Å²) in [7, 11) is 0. The number of halogens is 2. The largest absolute Gasteiger partial charge is 0.488 e. The van der Waals surface area contributed by atoms with Gasteiger partial charge >= 0.3 is 0 Å². The molecule has 1 rings (SSSR count). The first-order valence-corrected chi connectivity index (χ1v) is 5.71. The number of ether oxygens (including phenoxy) is 1. The summed E-state index contributed by atoms with van der Waals surface area (Å²) in [5.41, 5.74) is 0.205. The van der Waals surface area contributed by atoms with E-state index in [9.17, 15) is 13.9 Å². The number of benzene rings is 1. The topological polar surface area (TPSA) is 29.5 Å². The van der Waals surface area contributed by atoms with E-state index < -0.39 is 17.7 Å². The van der Waals surface area contributed by atoms with Crippen molar-refractivity contribution in [3.05, 3.63) is 29.3 Å². The van der Waals surface area contributed by atoms with E-state index in [0.717, 1.165) is 18.6 Å². The van der Waals surface area contributed by atoms with E-state index >= 15 is 0 Å². The van der Waals surface area contributed by atoms with Gasteiger partial charge in [-0.15, -0.1) is 0 Å². The van der Waals surface area contributed by atoms with E-state index in [1.807, 2.05) is 13.8 Å². The molecule has 1 N–H and O–H groups in total. The van der Waals surface area contributed by atoms with Gasteiger partial charge in [0.2, 0.25) is 0 Å². The monoisotopic (exact) mass is 244 g/mol. The molecule has 0 amide bonds. The summed E-state index contributed by atoms with van der Waals surface area (Å²) in [4.78, 5) is 0. The van der Waals surface area contributed by atoms with Gasteiger partial charge in [-0.25, -0.2) is 8.78 Å². The molecule has 1 unspecified atom stereocenters. The summed E-state index contributed by atoms with van der Waals surface area (Å²) in [6, 6.07) is 2.19. The van der Waals surface area contributed by atoms with Crippen LogP contribution in [-0.4, -0.2) is 11.7 Å². The zero-order chi connectivity index (χ0) is 13.0. The zero-order valence-electron chi connectivity index (χ0n) is 10.3. The Morgan fingerprint density at radius 2 is 1.71 bits per heavy atom. The van der Waals surface area contributed by atoms with Crippen molar-refractivity contribution < 1.29 is 18.6 Å². The van der Waals surface area contributed by atoms with Crippen LogP contribution < -0.4 is 4.74 Å². The summed E-state index contributed by atoms with van der Waals surface area (Å²) in [5.74, 6) is -1.50. The second-order valence-corrected chi connectivity index (χ2v) is 4.52. The second-order valence-electron chi connectivity index (χ2n) is 4.52. The van der Waals surface area contributed by atoms with Crippen LogP contribution in [0, 0.1) is 17.6 Å². The predicted octanol–water partition coefficient (Wildman–Crippen LogP) is 3.44. The standard InChI is InChI=1S/C13H18F2O2/c1-8(2)4-5-17-13-11(14)6-10(9(3)16)7-12(13)15/h6-9,16H,4-5H2,1-3H3. The van der Waals surface area contributed by atoms with Crippen LogP contribution in [-0.2, 0) is 0 Å². The van der Waals surface area contributed by atoms with Gasteiger partial charge in [-0.3, -0.25) is 0 Å². The summed E-state index contributed by atoms with van der Waals surface area (Å²) < 4.78 is 32.1. The minimum absolute atomic E-state index is 0.205. The Balaban J connectivity index is 2.79. The first-order chi connectivity index (χ1) is 7.91. The summed E-state index contributed by atoms with van der Waals surface area (Å²) in [6.07, 6.45) is -0.166. The Kier molecular flexibility index (Phi) is 4.87. The highest BCUT2D eigenvalue weighted by Gasteiger charge is 2.14. The van der Waals surface area contributed by atoms with Crippen LogP contribution in [0.4, 0.5) is 8.78 Å². The molecule has 1 atom stereocenters. The van der Waals surface area contributed by atoms with Gasteiger partial charge in [0.05, 0.1) is 12.7 Å². The molecule has 96 valence electrons. The molecule has 0 saturated carbocycles. The van der Waals surface area contributed by atoms with Gasteiger partial charge in [0.15, 0.2) is 17.4 Å². The molecule has 0 bridgehead atoms. The van der Waals surface area contributed by atoms with Crippen LogP contribution in [0.25, 0.3) is 0 Å². The van der Waals surface area contributed by atoms with Crippen molar-refractivity contribution in [1.29, 1.82) is 0 Å². The van der Waals surface area contributed by atoms with Crippen LogP contribution >= 0.6 is 0 Å². The third kappa shape index (κ3) is 3.97. The molecule has 2 nitrogen and oxygen atoms in total. The summed E-state index contributed by atoms with van der Waals surface area (Å²) in [5, 5.41) is 9.24. The van der Waals surface area contributed by atoms with Crippen LogP contribution in [0.15, 0.2) is 12.1 Å². The lowest BCUT2D eigenvalue weighted by Gasteiger charge is -2.12. The van der Waals surface area contributed by atoms with Crippen molar-refractivity contribution in [2.75, 3.05) is 6.61 Å². The third-order valence-corrected chi connectivity index (χ3v) is 2.44.